The van der Waals surface area contributed by atoms with Gasteiger partial charge in [0.15, 0.2) is 17.3 Å². The Kier molecular flexibility index (Phi) is 3.08. The van der Waals surface area contributed by atoms with Crippen molar-refractivity contribution >= 4 is 29.1 Å². The minimum atomic E-state index is -1.31. The van der Waals surface area contributed by atoms with E-state index < -0.39 is 23.2 Å². The molecule has 1 amide bonds. The summed E-state index contributed by atoms with van der Waals surface area (Å²) in [6.45, 7) is 0. The zero-order valence-corrected chi connectivity index (χ0v) is 9.56. The zero-order chi connectivity index (χ0) is 11.9. The van der Waals surface area contributed by atoms with Gasteiger partial charge in [0.2, 0.25) is 0 Å². The summed E-state index contributed by atoms with van der Waals surface area (Å²) in [6.07, 6.45) is -2.42. The molecule has 1 aromatic rings. The Hall–Kier alpha value is -0.810. The van der Waals surface area contributed by atoms with Crippen LogP contribution in [0.25, 0.3) is 0 Å². The first-order valence-electron chi connectivity index (χ1n) is 4.59. The molecule has 16 heavy (non-hydrogen) atoms. The Morgan fingerprint density at radius 1 is 1.19 bits per heavy atom. The van der Waals surface area contributed by atoms with Crippen LogP contribution in [0.5, 0.6) is 0 Å². The van der Waals surface area contributed by atoms with Crippen LogP contribution in [0.15, 0.2) is 24.3 Å². The van der Waals surface area contributed by atoms with E-state index in [-0.39, 0.29) is 0 Å². The van der Waals surface area contributed by atoms with Gasteiger partial charge in [0.1, 0.15) is 0 Å². The molecule has 0 radical (unpaired) electrons. The summed E-state index contributed by atoms with van der Waals surface area (Å²) >= 11 is 10.9. The van der Waals surface area contributed by atoms with Gasteiger partial charge in [-0.15, -0.1) is 0 Å². The molecule has 0 aromatic heterocycles. The molecule has 1 aromatic carbocycles. The van der Waals surface area contributed by atoms with Crippen molar-refractivity contribution in [3.63, 3.8) is 0 Å². The van der Waals surface area contributed by atoms with Crippen molar-refractivity contribution in [1.29, 1.82) is 0 Å². The molecule has 2 N–H and O–H groups in total. The van der Waals surface area contributed by atoms with Crippen LogP contribution < -0.4 is 0 Å². The van der Waals surface area contributed by atoms with Crippen molar-refractivity contribution in [3.05, 3.63) is 35.4 Å². The van der Waals surface area contributed by atoms with E-state index in [9.17, 15) is 15.0 Å². The lowest BCUT2D eigenvalue weighted by atomic mass is 10.1. The summed E-state index contributed by atoms with van der Waals surface area (Å²) in [7, 11) is 0. The van der Waals surface area contributed by atoms with Crippen LogP contribution in [-0.4, -0.2) is 25.9 Å². The van der Waals surface area contributed by atoms with Crippen LogP contribution in [0.2, 0.25) is 0 Å². The van der Waals surface area contributed by atoms with Gasteiger partial charge in [-0.25, -0.2) is 0 Å². The molecule has 6 heteroatoms. The molecule has 2 rings (SSSR count). The third kappa shape index (κ3) is 1.68. The maximum atomic E-state index is 11.6. The first-order valence-corrected chi connectivity index (χ1v) is 5.46. The smallest absolute Gasteiger partial charge is 0.260 e. The molecule has 0 bridgehead atoms. The van der Waals surface area contributed by atoms with Gasteiger partial charge in [-0.2, -0.15) is 0 Å². The third-order valence-electron chi connectivity index (χ3n) is 2.52. The summed E-state index contributed by atoms with van der Waals surface area (Å²) in [6, 6.07) is 6.69. The number of carbonyl (C=O) groups excluding carboxylic acids is 1. The highest BCUT2D eigenvalue weighted by Gasteiger charge is 2.40. The van der Waals surface area contributed by atoms with Gasteiger partial charge >= 0.3 is 0 Å². The SMILES string of the molecule is O=C(C(Cl)Cl)N1C(O)c2ccccc2C1O. The summed E-state index contributed by atoms with van der Waals surface area (Å²) in [4.78, 5) is 11.1. The van der Waals surface area contributed by atoms with Crippen LogP contribution in [0, 0.1) is 0 Å². The number of hydrogen-bond donors (Lipinski definition) is 2. The monoisotopic (exact) mass is 261 g/mol. The van der Waals surface area contributed by atoms with E-state index in [1.807, 2.05) is 0 Å². The van der Waals surface area contributed by atoms with Crippen molar-refractivity contribution in [2.75, 3.05) is 0 Å². The van der Waals surface area contributed by atoms with Gasteiger partial charge in [0, 0.05) is 11.1 Å². The summed E-state index contributed by atoms with van der Waals surface area (Å²) in [5, 5.41) is 19.7. The van der Waals surface area contributed by atoms with Gasteiger partial charge < -0.3 is 10.2 Å². The molecule has 0 aliphatic carbocycles. The van der Waals surface area contributed by atoms with Crippen LogP contribution >= 0.6 is 23.2 Å². The van der Waals surface area contributed by atoms with Crippen LogP contribution in [-0.2, 0) is 4.79 Å². The van der Waals surface area contributed by atoms with Crippen molar-refractivity contribution < 1.29 is 15.0 Å². The summed E-state index contributed by atoms with van der Waals surface area (Å²) in [5.41, 5.74) is 0.967. The number of alkyl halides is 2. The van der Waals surface area contributed by atoms with Crippen molar-refractivity contribution in [1.82, 2.24) is 4.90 Å². The second-order valence-corrected chi connectivity index (χ2v) is 4.52. The van der Waals surface area contributed by atoms with Gasteiger partial charge in [-0.05, 0) is 0 Å². The Balaban J connectivity index is 2.38. The molecule has 0 fully saturated rings. The minimum Gasteiger partial charge on any atom is -0.369 e. The van der Waals surface area contributed by atoms with Crippen molar-refractivity contribution in [2.24, 2.45) is 0 Å². The predicted molar refractivity (Wildman–Crippen MR) is 58.7 cm³/mol. The minimum absolute atomic E-state index is 0.484. The van der Waals surface area contributed by atoms with Gasteiger partial charge in [0.25, 0.3) is 5.91 Å². The van der Waals surface area contributed by atoms with E-state index >= 15 is 0 Å². The van der Waals surface area contributed by atoms with Gasteiger partial charge in [-0.3, -0.25) is 9.69 Å². The molecule has 2 atom stereocenters. The summed E-state index contributed by atoms with van der Waals surface area (Å²) in [5.74, 6) is -0.723. The van der Waals surface area contributed by atoms with Crippen molar-refractivity contribution in [2.45, 2.75) is 17.3 Å². The number of carbonyl (C=O) groups is 1. The quantitative estimate of drug-likeness (QED) is 0.750. The van der Waals surface area contributed by atoms with Crippen molar-refractivity contribution in [3.8, 4) is 0 Å². The lowest BCUT2D eigenvalue weighted by Gasteiger charge is -2.24. The molecule has 0 saturated heterocycles. The average Bonchev–Trinajstić information content (AvgIpc) is 2.52. The molecular weight excluding hydrogens is 253 g/mol. The predicted octanol–water partition coefficient (Wildman–Crippen LogP) is 1.31. The fraction of sp³-hybridized carbons (Fsp3) is 0.300. The number of aliphatic hydroxyl groups is 2. The van der Waals surface area contributed by atoms with Crippen LogP contribution in [0.4, 0.5) is 0 Å². The molecule has 1 aliphatic rings. The second-order valence-electron chi connectivity index (χ2n) is 3.42. The standard InChI is InChI=1S/C10H9Cl2NO3/c11-7(12)10(16)13-8(14)5-3-1-2-4-6(5)9(13)15/h1-4,7-9,14-15H. The fourth-order valence-corrected chi connectivity index (χ4v) is 1.99. The molecule has 2 unspecified atom stereocenters. The second kappa shape index (κ2) is 4.22. The Morgan fingerprint density at radius 3 is 2.00 bits per heavy atom. The lowest BCUT2D eigenvalue weighted by Crippen LogP contribution is -2.36. The first-order chi connectivity index (χ1) is 7.54. The normalized spacial score (nSPS) is 23.7. The maximum absolute atomic E-state index is 11.6. The zero-order valence-electron chi connectivity index (χ0n) is 8.05. The van der Waals surface area contributed by atoms with Gasteiger partial charge in [-0.1, -0.05) is 47.5 Å². The Labute approximate surface area is 102 Å². The highest BCUT2D eigenvalue weighted by atomic mass is 35.5. The first kappa shape index (κ1) is 11.7. The Bertz CT molecular complexity index is 395. The molecule has 86 valence electrons. The number of halogens is 2. The number of benzene rings is 1. The van der Waals surface area contributed by atoms with Crippen LogP contribution in [0.3, 0.4) is 0 Å². The van der Waals surface area contributed by atoms with E-state index in [4.69, 9.17) is 23.2 Å². The average molecular weight is 262 g/mol. The lowest BCUT2D eigenvalue weighted by molar-refractivity contribution is -0.154. The molecule has 0 saturated carbocycles. The number of nitrogens with zero attached hydrogens (tertiary/aromatic N) is 1. The number of amides is 1. The number of hydrogen-bond acceptors (Lipinski definition) is 3. The topological polar surface area (TPSA) is 60.8 Å². The van der Waals surface area contributed by atoms with E-state index in [1.54, 1.807) is 24.3 Å². The van der Waals surface area contributed by atoms with E-state index in [2.05, 4.69) is 0 Å². The highest BCUT2D eigenvalue weighted by Crippen LogP contribution is 2.39. The van der Waals surface area contributed by atoms with Crippen LogP contribution in [0.1, 0.15) is 23.6 Å². The number of rotatable bonds is 1. The molecule has 4 nitrogen and oxygen atoms in total. The molecule has 1 aliphatic heterocycles. The number of aliphatic hydroxyl groups excluding tert-OH is 2. The molecular formula is C10H9Cl2NO3. The maximum Gasteiger partial charge on any atom is 0.260 e. The van der Waals surface area contributed by atoms with Gasteiger partial charge in [0.05, 0.1) is 0 Å². The third-order valence-corrected chi connectivity index (χ3v) is 2.89. The molecule has 1 heterocycles. The molecule has 0 spiro atoms. The number of fused-ring (bicyclic) bond motifs is 1. The fourth-order valence-electron chi connectivity index (χ4n) is 1.77. The highest BCUT2D eigenvalue weighted by molar-refractivity contribution is 6.53. The summed E-state index contributed by atoms with van der Waals surface area (Å²) < 4.78 is 0. The largest absolute Gasteiger partial charge is 0.369 e. The van der Waals surface area contributed by atoms with E-state index in [0.717, 1.165) is 4.90 Å². The van der Waals surface area contributed by atoms with E-state index in [1.165, 1.54) is 0 Å². The Morgan fingerprint density at radius 2 is 1.62 bits per heavy atom. The van der Waals surface area contributed by atoms with E-state index in [0.29, 0.717) is 11.1 Å².